The zero-order valence-electron chi connectivity index (χ0n) is 33.5. The second kappa shape index (κ2) is 15.7. The van der Waals surface area contributed by atoms with Crippen molar-refractivity contribution in [2.75, 3.05) is 23.9 Å². The molecule has 0 atom stereocenters. The molecule has 0 fully saturated rings. The molecular formula is C50H47BIrN4-2. The van der Waals surface area contributed by atoms with Crippen LogP contribution in [0.1, 0.15) is 43.0 Å². The third kappa shape index (κ3) is 7.36. The van der Waals surface area contributed by atoms with E-state index in [9.17, 15) is 0 Å². The first-order chi connectivity index (χ1) is 26.5. The number of para-hydroxylation sites is 1. The summed E-state index contributed by atoms with van der Waals surface area (Å²) in [6.45, 7) is 13.4. The number of pyridine rings is 2. The molecule has 4 nitrogen and oxygen atoms in total. The zero-order valence-corrected chi connectivity index (χ0v) is 35.9. The molecule has 6 heteroatoms. The Labute approximate surface area is 347 Å². The molecule has 0 bridgehead atoms. The van der Waals surface area contributed by atoms with Gasteiger partial charge >= 0.3 is 0 Å². The third-order valence-electron chi connectivity index (χ3n) is 11.0. The topological polar surface area (TPSA) is 32.3 Å². The molecule has 4 heterocycles. The number of hydrogen-bond donors (Lipinski definition) is 0. The predicted octanol–water partition coefficient (Wildman–Crippen LogP) is 9.95. The minimum Gasteiger partial charge on any atom is -0.385 e. The second-order valence-electron chi connectivity index (χ2n) is 16.2. The van der Waals surface area contributed by atoms with Gasteiger partial charge < -0.3 is 19.8 Å². The van der Waals surface area contributed by atoms with E-state index in [4.69, 9.17) is 4.98 Å². The maximum Gasteiger partial charge on any atom is 0.233 e. The fourth-order valence-electron chi connectivity index (χ4n) is 8.23. The van der Waals surface area contributed by atoms with E-state index >= 15 is 0 Å². The molecule has 0 unspecified atom stereocenters. The monoisotopic (exact) mass is 907 g/mol. The Hall–Kier alpha value is -5.29. The molecule has 0 amide bonds. The van der Waals surface area contributed by atoms with Crippen LogP contribution in [0.15, 0.2) is 128 Å². The van der Waals surface area contributed by atoms with Crippen molar-refractivity contribution in [3.05, 3.63) is 162 Å². The SMILES string of the molecule is CN1c2ccccc2B2c3cc[c-]c(-c4cc(CC(C)(C)C)ccn4)c3N(C)c3cccc1c32.Cc1cnc(-c2[c-]cc(C)c(-c3ccccc3)c2)cc1C.[Ir]. The number of aromatic nitrogens is 2. The summed E-state index contributed by atoms with van der Waals surface area (Å²) in [6, 6.07) is 47.9. The Morgan fingerprint density at radius 2 is 1.38 bits per heavy atom. The molecule has 0 N–H and O–H groups in total. The summed E-state index contributed by atoms with van der Waals surface area (Å²) in [5.74, 6) is 0. The van der Waals surface area contributed by atoms with Gasteiger partial charge in [-0.15, -0.1) is 58.6 Å². The van der Waals surface area contributed by atoms with Gasteiger partial charge in [-0.05, 0) is 89.1 Å². The second-order valence-corrected chi connectivity index (χ2v) is 16.2. The minimum absolute atomic E-state index is 0. The molecule has 2 aliphatic rings. The fourth-order valence-corrected chi connectivity index (χ4v) is 8.23. The Morgan fingerprint density at radius 1 is 0.661 bits per heavy atom. The molecule has 5 aromatic carbocycles. The van der Waals surface area contributed by atoms with Gasteiger partial charge in [-0.2, -0.15) is 0 Å². The maximum absolute atomic E-state index is 4.81. The number of aryl methyl sites for hydroxylation is 3. The molecule has 281 valence electrons. The van der Waals surface area contributed by atoms with Crippen LogP contribution in [-0.4, -0.2) is 30.8 Å². The minimum atomic E-state index is 0. The Morgan fingerprint density at radius 3 is 2.12 bits per heavy atom. The van der Waals surface area contributed by atoms with Gasteiger partial charge in [0.25, 0.3) is 0 Å². The maximum atomic E-state index is 4.81. The first kappa shape index (κ1) is 39.0. The molecule has 0 aliphatic carbocycles. The molecule has 9 rings (SSSR count). The van der Waals surface area contributed by atoms with E-state index in [1.807, 2.05) is 18.5 Å². The predicted molar refractivity (Wildman–Crippen MR) is 233 cm³/mol. The van der Waals surface area contributed by atoms with Crippen LogP contribution < -0.4 is 26.2 Å². The largest absolute Gasteiger partial charge is 0.385 e. The Balaban J connectivity index is 0.000000188. The van der Waals surface area contributed by atoms with E-state index in [-0.39, 0.29) is 32.2 Å². The number of benzene rings is 5. The molecule has 56 heavy (non-hydrogen) atoms. The zero-order chi connectivity index (χ0) is 38.4. The molecule has 2 aromatic heterocycles. The molecular weight excluding hydrogens is 860 g/mol. The van der Waals surface area contributed by atoms with Crippen molar-refractivity contribution < 1.29 is 20.1 Å². The van der Waals surface area contributed by atoms with Crippen LogP contribution in [0, 0.1) is 38.3 Å². The Bertz CT molecular complexity index is 2540. The van der Waals surface area contributed by atoms with Gasteiger partial charge in [0.1, 0.15) is 0 Å². The van der Waals surface area contributed by atoms with Gasteiger partial charge in [-0.25, -0.2) is 0 Å². The van der Waals surface area contributed by atoms with Crippen molar-refractivity contribution in [3.8, 4) is 33.6 Å². The summed E-state index contributed by atoms with van der Waals surface area (Å²) >= 11 is 0. The molecule has 1 radical (unpaired) electrons. The quantitative estimate of drug-likeness (QED) is 0.130. The standard InChI is InChI=1S/C30H29BN3.C20H18N.Ir/c1-30(2,3)19-20-16-17-32-24(18-20)21-10-8-12-23-29(21)34(5)27-15-9-14-26-28(27)31(23)22-11-6-7-13-25(22)33(26)4;1-14-9-10-18(20-11-15(2)16(3)13-21-20)12-19(14)17-7-5-4-6-8-17;/h6-9,11-18H,19H2,1-5H3;4-9,11-13H,1-3H3;/q2*-1;. The van der Waals surface area contributed by atoms with Gasteiger partial charge in [0, 0.05) is 63.7 Å². The molecule has 0 spiro atoms. The smallest absolute Gasteiger partial charge is 0.233 e. The fraction of sp³-hybridized carbons (Fsp3) is 0.200. The molecule has 0 saturated heterocycles. The summed E-state index contributed by atoms with van der Waals surface area (Å²) < 4.78 is 0. The summed E-state index contributed by atoms with van der Waals surface area (Å²) in [5.41, 5.74) is 20.9. The molecule has 7 aromatic rings. The van der Waals surface area contributed by atoms with Crippen molar-refractivity contribution in [3.63, 3.8) is 0 Å². The summed E-state index contributed by atoms with van der Waals surface area (Å²) in [4.78, 5) is 14.0. The van der Waals surface area contributed by atoms with Crippen molar-refractivity contribution in [1.82, 2.24) is 9.97 Å². The average molecular weight is 907 g/mol. The number of fused-ring (bicyclic) bond motifs is 4. The summed E-state index contributed by atoms with van der Waals surface area (Å²) in [5, 5.41) is 0. The van der Waals surface area contributed by atoms with E-state index in [0.717, 1.165) is 28.9 Å². The van der Waals surface area contributed by atoms with Crippen molar-refractivity contribution in [2.24, 2.45) is 5.41 Å². The van der Waals surface area contributed by atoms with Crippen LogP contribution in [0.3, 0.4) is 0 Å². The molecule has 2 aliphatic heterocycles. The number of rotatable bonds is 4. The number of hydrogen-bond acceptors (Lipinski definition) is 4. The van der Waals surface area contributed by atoms with Crippen LogP contribution in [-0.2, 0) is 26.5 Å². The number of anilines is 4. The van der Waals surface area contributed by atoms with Gasteiger partial charge in [0.05, 0.1) is 0 Å². The third-order valence-corrected chi connectivity index (χ3v) is 11.0. The first-order valence-corrected chi connectivity index (χ1v) is 19.2. The summed E-state index contributed by atoms with van der Waals surface area (Å²) in [7, 11) is 4.36. The van der Waals surface area contributed by atoms with Gasteiger partial charge in [-0.3, -0.25) is 0 Å². The van der Waals surface area contributed by atoms with Crippen LogP contribution in [0.2, 0.25) is 0 Å². The normalized spacial score (nSPS) is 12.5. The molecule has 0 saturated carbocycles. The van der Waals surface area contributed by atoms with E-state index in [1.165, 1.54) is 72.5 Å². The van der Waals surface area contributed by atoms with Crippen molar-refractivity contribution in [1.29, 1.82) is 0 Å². The van der Waals surface area contributed by atoms with Crippen LogP contribution in [0.5, 0.6) is 0 Å². The summed E-state index contributed by atoms with van der Waals surface area (Å²) in [6.07, 6.45) is 4.89. The van der Waals surface area contributed by atoms with Crippen molar-refractivity contribution in [2.45, 2.75) is 48.0 Å². The van der Waals surface area contributed by atoms with Gasteiger partial charge in [-0.1, -0.05) is 111 Å². The van der Waals surface area contributed by atoms with Crippen LogP contribution in [0.25, 0.3) is 33.6 Å². The van der Waals surface area contributed by atoms with E-state index in [0.29, 0.717) is 0 Å². The van der Waals surface area contributed by atoms with Crippen molar-refractivity contribution >= 4 is 45.9 Å². The average Bonchev–Trinajstić information content (AvgIpc) is 3.19. The van der Waals surface area contributed by atoms with E-state index in [1.54, 1.807) is 0 Å². The van der Waals surface area contributed by atoms with Gasteiger partial charge in [0.2, 0.25) is 6.71 Å². The van der Waals surface area contributed by atoms with E-state index in [2.05, 4.69) is 192 Å². The Kier molecular flexibility index (Phi) is 10.9. The van der Waals surface area contributed by atoms with E-state index < -0.39 is 0 Å². The van der Waals surface area contributed by atoms with Gasteiger partial charge in [0.15, 0.2) is 0 Å². The first-order valence-electron chi connectivity index (χ1n) is 19.2. The number of nitrogens with zero attached hydrogens (tertiary/aromatic N) is 4. The van der Waals surface area contributed by atoms with Crippen LogP contribution >= 0.6 is 0 Å². The van der Waals surface area contributed by atoms with Crippen LogP contribution in [0.4, 0.5) is 22.7 Å².